The van der Waals surface area contributed by atoms with Crippen LogP contribution in [0.5, 0.6) is 11.5 Å². The average molecular weight is 527 g/mol. The lowest BCUT2D eigenvalue weighted by Gasteiger charge is -2.41. The number of carbonyl (C=O) groups is 2. The first kappa shape index (κ1) is 29.3. The van der Waals surface area contributed by atoms with Gasteiger partial charge in [-0.3, -0.25) is 0 Å². The van der Waals surface area contributed by atoms with Crippen LogP contribution < -0.4 is 14.8 Å². The van der Waals surface area contributed by atoms with Gasteiger partial charge in [0.15, 0.2) is 0 Å². The zero-order chi connectivity index (χ0) is 27.7. The number of carboxylic acids is 1. The highest BCUT2D eigenvalue weighted by Crippen LogP contribution is 2.39. The molecule has 2 atom stereocenters. The minimum atomic E-state index is -1.21. The van der Waals surface area contributed by atoms with Gasteiger partial charge in [0.05, 0.1) is 30.9 Å². The van der Waals surface area contributed by atoms with Crippen LogP contribution in [0.4, 0.5) is 4.79 Å². The Morgan fingerprint density at radius 3 is 2.11 bits per heavy atom. The number of unbranched alkanes of at least 4 members (excludes halogenated alkanes) is 1. The van der Waals surface area contributed by atoms with Crippen LogP contribution >= 0.6 is 0 Å². The number of nitrogens with one attached hydrogen (secondary N) is 1. The van der Waals surface area contributed by atoms with E-state index in [4.69, 9.17) is 9.47 Å². The maximum atomic E-state index is 13.6. The van der Waals surface area contributed by atoms with Crippen molar-refractivity contribution < 1.29 is 29.3 Å². The zero-order valence-electron chi connectivity index (χ0n) is 23.0. The number of nitrogens with zero attached hydrogens (tertiary/aromatic N) is 1. The number of amides is 2. The molecular weight excluding hydrogens is 484 g/mol. The fraction of sp³-hybridized carbons (Fsp3) is 0.533. The van der Waals surface area contributed by atoms with Crippen LogP contribution in [0.1, 0.15) is 88.6 Å². The van der Waals surface area contributed by atoms with Gasteiger partial charge in [0.2, 0.25) is 0 Å². The summed E-state index contributed by atoms with van der Waals surface area (Å²) in [5.41, 5.74) is 1.40. The van der Waals surface area contributed by atoms with Crippen molar-refractivity contribution in [3.05, 3.63) is 59.2 Å². The Kier molecular flexibility index (Phi) is 10.4. The summed E-state index contributed by atoms with van der Waals surface area (Å²) in [5, 5.41) is 23.1. The van der Waals surface area contributed by atoms with Crippen molar-refractivity contribution in [3.8, 4) is 11.5 Å². The highest BCUT2D eigenvalue weighted by Gasteiger charge is 2.46. The number of aliphatic hydroxyl groups is 1. The molecule has 0 aromatic heterocycles. The van der Waals surface area contributed by atoms with Gasteiger partial charge in [-0.1, -0.05) is 30.3 Å². The molecule has 2 aromatic rings. The molecule has 208 valence electrons. The van der Waals surface area contributed by atoms with Gasteiger partial charge in [0.25, 0.3) is 0 Å². The lowest BCUT2D eigenvalue weighted by molar-refractivity contribution is -0.148. The first-order valence-electron chi connectivity index (χ1n) is 13.7. The second-order valence-corrected chi connectivity index (χ2v) is 9.96. The van der Waals surface area contributed by atoms with Crippen molar-refractivity contribution in [2.24, 2.45) is 0 Å². The lowest BCUT2D eigenvalue weighted by atomic mass is 9.77. The smallest absolute Gasteiger partial charge is 0.329 e. The van der Waals surface area contributed by atoms with E-state index >= 15 is 0 Å². The third kappa shape index (κ3) is 6.98. The second-order valence-electron chi connectivity index (χ2n) is 9.96. The molecule has 0 saturated heterocycles. The normalized spacial score (nSPS) is 15.6. The number of carbonyl (C=O) groups excluding carboxylic acids is 1. The molecular formula is C30H42N2O6. The van der Waals surface area contributed by atoms with Crippen LogP contribution in [-0.2, 0) is 11.2 Å². The van der Waals surface area contributed by atoms with Crippen molar-refractivity contribution in [3.63, 3.8) is 0 Å². The van der Waals surface area contributed by atoms with Gasteiger partial charge in [-0.15, -0.1) is 0 Å². The fourth-order valence-corrected chi connectivity index (χ4v) is 4.93. The fourth-order valence-electron chi connectivity index (χ4n) is 4.93. The van der Waals surface area contributed by atoms with Crippen molar-refractivity contribution in [1.29, 1.82) is 0 Å². The summed E-state index contributed by atoms with van der Waals surface area (Å²) in [7, 11) is 0. The van der Waals surface area contributed by atoms with Crippen molar-refractivity contribution in [1.82, 2.24) is 10.2 Å². The summed E-state index contributed by atoms with van der Waals surface area (Å²) in [6.45, 7) is 8.62. The summed E-state index contributed by atoms with van der Waals surface area (Å²) < 4.78 is 11.7. The van der Waals surface area contributed by atoms with Gasteiger partial charge in [-0.2, -0.15) is 0 Å². The molecule has 2 amide bonds. The number of aliphatic carboxylic acids is 1. The van der Waals surface area contributed by atoms with Crippen LogP contribution in [0, 0.1) is 0 Å². The molecule has 0 aliphatic heterocycles. The molecule has 8 heteroatoms. The van der Waals surface area contributed by atoms with Gasteiger partial charge in [-0.05, 0) is 89.5 Å². The number of rotatable bonds is 14. The molecule has 1 aliphatic rings. The van der Waals surface area contributed by atoms with E-state index in [-0.39, 0.29) is 6.04 Å². The topological polar surface area (TPSA) is 108 Å². The molecule has 1 aliphatic carbocycles. The number of benzene rings is 2. The SMILES string of the molecule is CCOc1cc(C(C)N(CCCCc2ccccc2)C(=O)NC2(C(=O)O)CCC2)cc(OCC)c1C(C)O. The maximum Gasteiger partial charge on any atom is 0.329 e. The first-order chi connectivity index (χ1) is 18.2. The van der Waals surface area contributed by atoms with E-state index in [2.05, 4.69) is 17.4 Å². The Hall–Kier alpha value is -3.26. The zero-order valence-corrected chi connectivity index (χ0v) is 23.0. The minimum absolute atomic E-state index is 0.390. The molecule has 0 radical (unpaired) electrons. The van der Waals surface area contributed by atoms with Crippen LogP contribution in [0.25, 0.3) is 0 Å². The van der Waals surface area contributed by atoms with E-state index in [1.165, 1.54) is 5.56 Å². The number of ether oxygens (including phenoxy) is 2. The van der Waals surface area contributed by atoms with Crippen LogP contribution in [0.15, 0.2) is 42.5 Å². The molecule has 2 aromatic carbocycles. The van der Waals surface area contributed by atoms with E-state index in [0.717, 1.165) is 31.2 Å². The monoisotopic (exact) mass is 526 g/mol. The standard InChI is InChI=1S/C30H42N2O6/c1-5-37-25-19-24(20-26(38-6-2)27(25)22(4)33)21(3)32(18-11-10-15-23-13-8-7-9-14-23)29(36)31-30(28(34)35)16-12-17-30/h7-9,13-14,19-22,33H,5-6,10-12,15-18H2,1-4H3,(H,31,36)(H,34,35). The summed E-state index contributed by atoms with van der Waals surface area (Å²) >= 11 is 0. The molecule has 2 unspecified atom stereocenters. The molecule has 0 bridgehead atoms. The Labute approximate surface area is 225 Å². The molecule has 0 heterocycles. The quantitative estimate of drug-likeness (QED) is 0.275. The molecule has 3 N–H and O–H groups in total. The highest BCUT2D eigenvalue weighted by atomic mass is 16.5. The van der Waals surface area contributed by atoms with Gasteiger partial charge >= 0.3 is 12.0 Å². The molecule has 1 saturated carbocycles. The Morgan fingerprint density at radius 1 is 1.03 bits per heavy atom. The molecule has 8 nitrogen and oxygen atoms in total. The van der Waals surface area contributed by atoms with Crippen LogP contribution in [0.3, 0.4) is 0 Å². The van der Waals surface area contributed by atoms with E-state index < -0.39 is 23.6 Å². The highest BCUT2D eigenvalue weighted by molar-refractivity contribution is 5.87. The maximum absolute atomic E-state index is 13.6. The predicted octanol–water partition coefficient (Wildman–Crippen LogP) is 5.64. The summed E-state index contributed by atoms with van der Waals surface area (Å²) in [6.07, 6.45) is 3.38. The Bertz CT molecular complexity index is 1040. The summed E-state index contributed by atoms with van der Waals surface area (Å²) in [4.78, 5) is 27.2. The molecule has 0 spiro atoms. The van der Waals surface area contributed by atoms with Crippen LogP contribution in [-0.4, -0.2) is 52.4 Å². The average Bonchev–Trinajstić information content (AvgIpc) is 2.86. The Morgan fingerprint density at radius 2 is 1.63 bits per heavy atom. The largest absolute Gasteiger partial charge is 0.493 e. The van der Waals surface area contributed by atoms with Gasteiger partial charge in [0, 0.05) is 6.54 Å². The number of carboxylic acid groups (broad SMARTS) is 1. The van der Waals surface area contributed by atoms with Crippen molar-refractivity contribution >= 4 is 12.0 Å². The van der Waals surface area contributed by atoms with Gasteiger partial charge in [-0.25, -0.2) is 9.59 Å². The Balaban J connectivity index is 1.88. The van der Waals surface area contributed by atoms with E-state index in [0.29, 0.717) is 49.7 Å². The number of aliphatic hydroxyl groups excluding tert-OH is 1. The lowest BCUT2D eigenvalue weighted by Crippen LogP contribution is -2.61. The summed E-state index contributed by atoms with van der Waals surface area (Å²) in [6, 6.07) is 13.1. The summed E-state index contributed by atoms with van der Waals surface area (Å²) in [5.74, 6) is 0.0359. The molecule has 1 fully saturated rings. The first-order valence-corrected chi connectivity index (χ1v) is 13.7. The molecule has 3 rings (SSSR count). The number of hydrogen-bond donors (Lipinski definition) is 3. The van der Waals surface area contributed by atoms with Gasteiger partial charge < -0.3 is 29.9 Å². The number of aryl methyl sites for hydroxylation is 1. The van der Waals surface area contributed by atoms with E-state index in [1.807, 2.05) is 51.1 Å². The third-order valence-corrected chi connectivity index (χ3v) is 7.27. The molecule has 38 heavy (non-hydrogen) atoms. The van der Waals surface area contributed by atoms with Crippen molar-refractivity contribution in [2.75, 3.05) is 19.8 Å². The minimum Gasteiger partial charge on any atom is -0.493 e. The van der Waals surface area contributed by atoms with E-state index in [9.17, 15) is 19.8 Å². The number of hydrogen-bond acceptors (Lipinski definition) is 5. The van der Waals surface area contributed by atoms with Crippen molar-refractivity contribution in [2.45, 2.75) is 83.9 Å². The predicted molar refractivity (Wildman–Crippen MR) is 147 cm³/mol. The number of urea groups is 1. The van der Waals surface area contributed by atoms with Gasteiger partial charge in [0.1, 0.15) is 17.0 Å². The van der Waals surface area contributed by atoms with Crippen LogP contribution in [0.2, 0.25) is 0 Å². The van der Waals surface area contributed by atoms with E-state index in [1.54, 1.807) is 11.8 Å². The third-order valence-electron chi connectivity index (χ3n) is 7.27. The second kappa shape index (κ2) is 13.5.